The molecule has 0 spiro atoms. The van der Waals surface area contributed by atoms with Crippen LogP contribution >= 0.6 is 0 Å². The summed E-state index contributed by atoms with van der Waals surface area (Å²) >= 11 is 0. The molecule has 0 unspecified atom stereocenters. The Kier molecular flexibility index (Phi) is 1.39. The molecule has 2 rings (SSSR count). The highest BCUT2D eigenvalue weighted by Gasteiger charge is 2.10. The molecular formula is C7H10N6. The van der Waals surface area contributed by atoms with E-state index >= 15 is 0 Å². The van der Waals surface area contributed by atoms with E-state index in [0.29, 0.717) is 17.0 Å². The Balaban J connectivity index is 2.94. The molecule has 2 aromatic heterocycles. The number of nitrogens with zero attached hydrogens (tertiary/aromatic N) is 4. The topological polar surface area (TPSA) is 95.6 Å². The van der Waals surface area contributed by atoms with E-state index in [1.54, 1.807) is 0 Å². The molecule has 0 atom stereocenters. The van der Waals surface area contributed by atoms with Crippen LogP contribution in [-0.2, 0) is 7.05 Å². The number of nitrogens with two attached hydrogens (primary N) is 2. The fourth-order valence-corrected chi connectivity index (χ4v) is 1.21. The van der Waals surface area contributed by atoms with Gasteiger partial charge in [0.25, 0.3) is 0 Å². The highest BCUT2D eigenvalue weighted by atomic mass is 15.2. The summed E-state index contributed by atoms with van der Waals surface area (Å²) in [5, 5.41) is 0. The van der Waals surface area contributed by atoms with Crippen molar-refractivity contribution in [1.29, 1.82) is 0 Å². The summed E-state index contributed by atoms with van der Waals surface area (Å²) in [6.45, 7) is 1.87. The summed E-state index contributed by atoms with van der Waals surface area (Å²) < 4.78 is 1.82. The molecular weight excluding hydrogens is 168 g/mol. The maximum Gasteiger partial charge on any atom is 0.224 e. The van der Waals surface area contributed by atoms with Crippen LogP contribution in [0.2, 0.25) is 0 Å². The molecule has 0 radical (unpaired) electrons. The largest absolute Gasteiger partial charge is 0.382 e. The minimum atomic E-state index is 0.174. The second-order valence-corrected chi connectivity index (χ2v) is 2.86. The lowest BCUT2D eigenvalue weighted by Gasteiger charge is -1.97. The van der Waals surface area contributed by atoms with Crippen molar-refractivity contribution in [1.82, 2.24) is 19.5 Å². The Bertz CT molecular complexity index is 471. The predicted molar refractivity (Wildman–Crippen MR) is 49.9 cm³/mol. The number of fused-ring (bicyclic) bond motifs is 1. The van der Waals surface area contributed by atoms with Crippen molar-refractivity contribution in [2.75, 3.05) is 11.5 Å². The standard InChI is InChI=1S/C7H10N6/c1-3-10-4-5(8)11-7(9)12-6(4)13(3)2/h1-2H3,(H4,8,9,11,12). The summed E-state index contributed by atoms with van der Waals surface area (Å²) in [6.07, 6.45) is 0. The third-order valence-corrected chi connectivity index (χ3v) is 1.99. The molecule has 6 heteroatoms. The van der Waals surface area contributed by atoms with Crippen LogP contribution < -0.4 is 11.5 Å². The zero-order valence-corrected chi connectivity index (χ0v) is 7.44. The quantitative estimate of drug-likeness (QED) is 0.584. The third kappa shape index (κ3) is 0.986. The van der Waals surface area contributed by atoms with Gasteiger partial charge in [-0.3, -0.25) is 0 Å². The van der Waals surface area contributed by atoms with Crippen LogP contribution in [0.15, 0.2) is 0 Å². The van der Waals surface area contributed by atoms with Crippen molar-refractivity contribution in [3.05, 3.63) is 5.82 Å². The first-order valence-corrected chi connectivity index (χ1v) is 3.81. The Hall–Kier alpha value is -1.85. The molecule has 6 nitrogen and oxygen atoms in total. The van der Waals surface area contributed by atoms with Crippen molar-refractivity contribution in [3.63, 3.8) is 0 Å². The number of hydrogen-bond donors (Lipinski definition) is 2. The third-order valence-electron chi connectivity index (χ3n) is 1.99. The Morgan fingerprint density at radius 3 is 2.54 bits per heavy atom. The first-order chi connectivity index (χ1) is 6.09. The van der Waals surface area contributed by atoms with Gasteiger partial charge in [0.2, 0.25) is 5.95 Å². The van der Waals surface area contributed by atoms with Crippen molar-refractivity contribution >= 4 is 22.9 Å². The minimum absolute atomic E-state index is 0.174. The Morgan fingerprint density at radius 1 is 1.15 bits per heavy atom. The lowest BCUT2D eigenvalue weighted by Crippen LogP contribution is -2.01. The Morgan fingerprint density at radius 2 is 1.85 bits per heavy atom. The number of anilines is 2. The highest BCUT2D eigenvalue weighted by molar-refractivity contribution is 5.83. The number of aryl methyl sites for hydroxylation is 2. The van der Waals surface area contributed by atoms with Gasteiger partial charge in [-0.15, -0.1) is 0 Å². The van der Waals surface area contributed by atoms with Gasteiger partial charge in [0.15, 0.2) is 17.0 Å². The van der Waals surface area contributed by atoms with E-state index in [0.717, 1.165) is 5.82 Å². The molecule has 2 heterocycles. The zero-order valence-electron chi connectivity index (χ0n) is 7.44. The van der Waals surface area contributed by atoms with Gasteiger partial charge in [0.1, 0.15) is 5.82 Å². The molecule has 0 aliphatic heterocycles. The van der Waals surface area contributed by atoms with Gasteiger partial charge in [0, 0.05) is 7.05 Å². The average Bonchev–Trinajstić information content (AvgIpc) is 2.32. The maximum absolute atomic E-state index is 5.63. The molecule has 0 aliphatic carbocycles. The SMILES string of the molecule is Cc1nc2c(N)nc(N)nc2n1C. The van der Waals surface area contributed by atoms with Crippen LogP contribution in [-0.4, -0.2) is 19.5 Å². The molecule has 0 amide bonds. The lowest BCUT2D eigenvalue weighted by molar-refractivity contribution is 0.874. The van der Waals surface area contributed by atoms with Gasteiger partial charge in [0.05, 0.1) is 0 Å². The molecule has 13 heavy (non-hydrogen) atoms. The Labute approximate surface area is 74.6 Å². The average molecular weight is 178 g/mol. The van der Waals surface area contributed by atoms with Crippen LogP contribution in [0.3, 0.4) is 0 Å². The molecule has 0 saturated carbocycles. The first-order valence-electron chi connectivity index (χ1n) is 3.81. The number of rotatable bonds is 0. The molecule has 0 saturated heterocycles. The van der Waals surface area contributed by atoms with Gasteiger partial charge in [-0.2, -0.15) is 9.97 Å². The number of aromatic nitrogens is 4. The van der Waals surface area contributed by atoms with Crippen LogP contribution in [0.1, 0.15) is 5.82 Å². The van der Waals surface area contributed by atoms with Gasteiger partial charge in [-0.25, -0.2) is 4.98 Å². The van der Waals surface area contributed by atoms with Crippen molar-refractivity contribution in [3.8, 4) is 0 Å². The van der Waals surface area contributed by atoms with Gasteiger partial charge in [-0.05, 0) is 6.92 Å². The van der Waals surface area contributed by atoms with Gasteiger partial charge >= 0.3 is 0 Å². The van der Waals surface area contributed by atoms with Crippen molar-refractivity contribution in [2.24, 2.45) is 7.05 Å². The summed E-state index contributed by atoms with van der Waals surface area (Å²) in [6, 6.07) is 0. The fourth-order valence-electron chi connectivity index (χ4n) is 1.21. The van der Waals surface area contributed by atoms with E-state index in [9.17, 15) is 0 Å². The van der Waals surface area contributed by atoms with Crippen LogP contribution in [0, 0.1) is 6.92 Å². The summed E-state index contributed by atoms with van der Waals surface area (Å²) in [5.74, 6) is 1.33. The van der Waals surface area contributed by atoms with E-state index in [1.165, 1.54) is 0 Å². The second-order valence-electron chi connectivity index (χ2n) is 2.86. The van der Waals surface area contributed by atoms with Crippen molar-refractivity contribution in [2.45, 2.75) is 6.92 Å². The fraction of sp³-hybridized carbons (Fsp3) is 0.286. The monoisotopic (exact) mass is 178 g/mol. The van der Waals surface area contributed by atoms with E-state index in [1.807, 2.05) is 18.5 Å². The smallest absolute Gasteiger partial charge is 0.224 e. The van der Waals surface area contributed by atoms with E-state index in [4.69, 9.17) is 11.5 Å². The molecule has 2 aromatic rings. The zero-order chi connectivity index (χ0) is 9.59. The second kappa shape index (κ2) is 2.32. The summed E-state index contributed by atoms with van der Waals surface area (Å²) in [7, 11) is 1.86. The molecule has 0 fully saturated rings. The van der Waals surface area contributed by atoms with E-state index in [-0.39, 0.29) is 5.95 Å². The molecule has 0 aliphatic rings. The molecule has 0 aromatic carbocycles. The highest BCUT2D eigenvalue weighted by Crippen LogP contribution is 2.17. The van der Waals surface area contributed by atoms with Crippen molar-refractivity contribution < 1.29 is 0 Å². The lowest BCUT2D eigenvalue weighted by atomic mass is 10.5. The summed E-state index contributed by atoms with van der Waals surface area (Å²) in [4.78, 5) is 12.1. The number of hydrogen-bond acceptors (Lipinski definition) is 5. The molecule has 4 N–H and O–H groups in total. The number of nitrogen functional groups attached to an aromatic ring is 2. The number of imidazole rings is 1. The minimum Gasteiger partial charge on any atom is -0.382 e. The molecule has 0 bridgehead atoms. The first kappa shape index (κ1) is 7.78. The predicted octanol–water partition coefficient (Wildman–Crippen LogP) is -0.164. The van der Waals surface area contributed by atoms with E-state index < -0.39 is 0 Å². The van der Waals surface area contributed by atoms with Crippen LogP contribution in [0.25, 0.3) is 11.2 Å². The normalized spacial score (nSPS) is 10.9. The van der Waals surface area contributed by atoms with Gasteiger partial charge in [-0.1, -0.05) is 0 Å². The summed E-state index contributed by atoms with van der Waals surface area (Å²) in [5.41, 5.74) is 12.4. The molecule has 68 valence electrons. The van der Waals surface area contributed by atoms with Crippen LogP contribution in [0.4, 0.5) is 11.8 Å². The van der Waals surface area contributed by atoms with E-state index in [2.05, 4.69) is 15.0 Å². The maximum atomic E-state index is 5.63. The van der Waals surface area contributed by atoms with Gasteiger partial charge < -0.3 is 16.0 Å². The van der Waals surface area contributed by atoms with Crippen LogP contribution in [0.5, 0.6) is 0 Å².